The first-order valence-corrected chi connectivity index (χ1v) is 8.40. The summed E-state index contributed by atoms with van der Waals surface area (Å²) < 4.78 is 10.9. The first-order chi connectivity index (χ1) is 10.7. The number of furan rings is 1. The van der Waals surface area contributed by atoms with Gasteiger partial charge in [0, 0.05) is 11.1 Å². The van der Waals surface area contributed by atoms with Crippen LogP contribution in [0.15, 0.2) is 28.9 Å². The molecular formula is C19H29NO3. The van der Waals surface area contributed by atoms with Crippen LogP contribution in [0, 0.1) is 0 Å². The molecule has 0 radical (unpaired) electrons. The van der Waals surface area contributed by atoms with Gasteiger partial charge in [0.25, 0.3) is 5.78 Å². The van der Waals surface area contributed by atoms with Gasteiger partial charge in [0.05, 0.1) is 13.2 Å². The van der Waals surface area contributed by atoms with Crippen LogP contribution in [0.25, 0.3) is 0 Å². The second-order valence-electron chi connectivity index (χ2n) is 7.52. The Morgan fingerprint density at radius 1 is 1.26 bits per heavy atom. The van der Waals surface area contributed by atoms with Gasteiger partial charge < -0.3 is 9.15 Å². The summed E-state index contributed by atoms with van der Waals surface area (Å²) in [6, 6.07) is 3.60. The third kappa shape index (κ3) is 3.86. The number of carbonyl (C=O) groups excluding carboxylic acids is 1. The number of ether oxygens (including phenoxy) is 1. The highest BCUT2D eigenvalue weighted by atomic mass is 16.5. The van der Waals surface area contributed by atoms with E-state index in [2.05, 4.69) is 39.2 Å². The predicted molar refractivity (Wildman–Crippen MR) is 91.4 cm³/mol. The molecule has 0 spiro atoms. The van der Waals surface area contributed by atoms with Crippen molar-refractivity contribution >= 4 is 5.78 Å². The summed E-state index contributed by atoms with van der Waals surface area (Å²) >= 11 is 0. The van der Waals surface area contributed by atoms with Crippen LogP contribution in [0.4, 0.5) is 0 Å². The zero-order valence-corrected chi connectivity index (χ0v) is 15.1. The van der Waals surface area contributed by atoms with Crippen LogP contribution in [-0.2, 0) is 11.3 Å². The van der Waals surface area contributed by atoms with Crippen LogP contribution < -0.4 is 0 Å². The largest absolute Gasteiger partial charge is 0.490 e. The number of nitrogens with zero attached hydrogens (tertiary/aromatic N) is 1. The van der Waals surface area contributed by atoms with Crippen LogP contribution in [0.3, 0.4) is 0 Å². The van der Waals surface area contributed by atoms with Gasteiger partial charge in [-0.05, 0) is 66.0 Å². The van der Waals surface area contributed by atoms with Gasteiger partial charge in [-0.3, -0.25) is 9.69 Å². The first-order valence-electron chi connectivity index (χ1n) is 8.40. The number of carbonyl (C=O) groups is 1. The van der Waals surface area contributed by atoms with Gasteiger partial charge >= 0.3 is 0 Å². The van der Waals surface area contributed by atoms with E-state index in [1.807, 2.05) is 13.0 Å². The number of rotatable bonds is 6. The lowest BCUT2D eigenvalue weighted by Gasteiger charge is -2.52. The van der Waals surface area contributed by atoms with Crippen molar-refractivity contribution in [3.8, 4) is 0 Å². The van der Waals surface area contributed by atoms with Gasteiger partial charge in [0.2, 0.25) is 0 Å². The van der Waals surface area contributed by atoms with E-state index in [0.717, 1.165) is 5.76 Å². The van der Waals surface area contributed by atoms with E-state index in [0.29, 0.717) is 18.9 Å². The van der Waals surface area contributed by atoms with Crippen molar-refractivity contribution in [3.05, 3.63) is 36.0 Å². The van der Waals surface area contributed by atoms with E-state index in [4.69, 9.17) is 9.15 Å². The number of ketones is 1. The van der Waals surface area contributed by atoms with Crippen LogP contribution in [0.2, 0.25) is 0 Å². The zero-order chi connectivity index (χ0) is 17.3. The average Bonchev–Trinajstić information content (AvgIpc) is 2.90. The Hall–Kier alpha value is -1.55. The minimum Gasteiger partial charge on any atom is -0.490 e. The summed E-state index contributed by atoms with van der Waals surface area (Å²) in [5.74, 6) is 0.953. The lowest BCUT2D eigenvalue weighted by atomic mass is 9.80. The molecule has 0 N–H and O–H groups in total. The summed E-state index contributed by atoms with van der Waals surface area (Å²) in [4.78, 5) is 14.6. The van der Waals surface area contributed by atoms with E-state index in [9.17, 15) is 4.79 Å². The second kappa shape index (κ2) is 6.52. The molecule has 0 atom stereocenters. The molecule has 1 aromatic heterocycles. The standard InChI is InChI=1S/C19H29NO3/c1-7-22-14(2)17(21)16-10-9-15(23-16)13-20-18(3,4)11-8-12-19(20,5)6/h9-10H,2,7-8,11-13H2,1,3-6H3. The molecule has 0 aromatic carbocycles. The molecule has 128 valence electrons. The number of hydrogen-bond donors (Lipinski definition) is 0. The number of hydrogen-bond acceptors (Lipinski definition) is 4. The van der Waals surface area contributed by atoms with Crippen molar-refractivity contribution < 1.29 is 13.9 Å². The monoisotopic (exact) mass is 319 g/mol. The molecule has 0 saturated carbocycles. The molecule has 0 aliphatic carbocycles. The van der Waals surface area contributed by atoms with Crippen molar-refractivity contribution in [2.45, 2.75) is 71.5 Å². The van der Waals surface area contributed by atoms with Crippen molar-refractivity contribution in [2.75, 3.05) is 6.61 Å². The maximum atomic E-state index is 12.2. The maximum absolute atomic E-state index is 12.2. The van der Waals surface area contributed by atoms with E-state index >= 15 is 0 Å². The normalized spacial score (nSPS) is 20.2. The maximum Gasteiger partial charge on any atom is 0.261 e. The molecule has 2 heterocycles. The Bertz CT molecular complexity index is 567. The van der Waals surface area contributed by atoms with Crippen molar-refractivity contribution in [1.29, 1.82) is 0 Å². The minimum absolute atomic E-state index is 0.119. The highest BCUT2D eigenvalue weighted by Gasteiger charge is 2.41. The SMILES string of the molecule is C=C(OCC)C(=O)c1ccc(CN2C(C)(C)CCCC2(C)C)o1. The van der Waals surface area contributed by atoms with E-state index < -0.39 is 0 Å². The minimum atomic E-state index is -0.282. The highest BCUT2D eigenvalue weighted by Crippen LogP contribution is 2.39. The lowest BCUT2D eigenvalue weighted by molar-refractivity contribution is -0.0385. The molecule has 0 amide bonds. The fourth-order valence-corrected chi connectivity index (χ4v) is 3.59. The van der Waals surface area contributed by atoms with Gasteiger partial charge in [-0.25, -0.2) is 0 Å². The average molecular weight is 319 g/mol. The quantitative estimate of drug-likeness (QED) is 0.438. The van der Waals surface area contributed by atoms with Crippen LogP contribution >= 0.6 is 0 Å². The fourth-order valence-electron chi connectivity index (χ4n) is 3.59. The zero-order valence-electron chi connectivity index (χ0n) is 15.1. The Morgan fingerprint density at radius 3 is 2.43 bits per heavy atom. The van der Waals surface area contributed by atoms with Crippen molar-refractivity contribution in [3.63, 3.8) is 0 Å². The Balaban J connectivity index is 2.14. The van der Waals surface area contributed by atoms with E-state index in [1.165, 1.54) is 19.3 Å². The predicted octanol–water partition coefficient (Wildman–Crippen LogP) is 4.56. The molecule has 1 aliphatic heterocycles. The number of likely N-dealkylation sites (tertiary alicyclic amines) is 1. The highest BCUT2D eigenvalue weighted by molar-refractivity contribution is 6.04. The van der Waals surface area contributed by atoms with Gasteiger partial charge in [-0.1, -0.05) is 6.58 Å². The molecule has 0 unspecified atom stereocenters. The molecule has 1 saturated heterocycles. The molecule has 23 heavy (non-hydrogen) atoms. The van der Waals surface area contributed by atoms with Crippen LogP contribution in [0.1, 0.15) is 70.2 Å². The molecule has 4 nitrogen and oxygen atoms in total. The lowest BCUT2D eigenvalue weighted by Crippen LogP contribution is -2.57. The second-order valence-corrected chi connectivity index (χ2v) is 7.52. The van der Waals surface area contributed by atoms with Crippen LogP contribution in [0.5, 0.6) is 0 Å². The molecule has 1 fully saturated rings. The third-order valence-electron chi connectivity index (χ3n) is 4.81. The molecule has 1 aliphatic rings. The Morgan fingerprint density at radius 2 is 1.87 bits per heavy atom. The smallest absolute Gasteiger partial charge is 0.261 e. The van der Waals surface area contributed by atoms with Crippen molar-refractivity contribution in [1.82, 2.24) is 4.90 Å². The van der Waals surface area contributed by atoms with E-state index in [-0.39, 0.29) is 22.6 Å². The van der Waals surface area contributed by atoms with Gasteiger partial charge in [0.1, 0.15) is 5.76 Å². The summed E-state index contributed by atoms with van der Waals surface area (Å²) in [6.07, 6.45) is 3.58. The molecule has 4 heteroatoms. The van der Waals surface area contributed by atoms with Crippen LogP contribution in [-0.4, -0.2) is 28.4 Å². The number of piperidine rings is 1. The first kappa shape index (κ1) is 17.8. The van der Waals surface area contributed by atoms with Gasteiger partial charge in [-0.15, -0.1) is 0 Å². The van der Waals surface area contributed by atoms with Gasteiger partial charge in [0.15, 0.2) is 11.5 Å². The molecule has 2 rings (SSSR count). The summed E-state index contributed by atoms with van der Waals surface area (Å²) in [6.45, 7) is 15.7. The van der Waals surface area contributed by atoms with E-state index in [1.54, 1.807) is 6.07 Å². The Labute approximate surface area is 139 Å². The molecule has 1 aromatic rings. The Kier molecular flexibility index (Phi) is 5.04. The molecular weight excluding hydrogens is 290 g/mol. The summed E-state index contributed by atoms with van der Waals surface area (Å²) in [7, 11) is 0. The van der Waals surface area contributed by atoms with Gasteiger partial charge in [-0.2, -0.15) is 0 Å². The number of allylic oxidation sites excluding steroid dienone is 1. The summed E-state index contributed by atoms with van der Waals surface area (Å²) in [5.41, 5.74) is 0.237. The topological polar surface area (TPSA) is 42.7 Å². The fraction of sp³-hybridized carbons (Fsp3) is 0.632. The van der Waals surface area contributed by atoms with Crippen molar-refractivity contribution in [2.24, 2.45) is 0 Å². The third-order valence-corrected chi connectivity index (χ3v) is 4.81. The number of Topliss-reactive ketones (excluding diaryl/α,β-unsaturated/α-hetero) is 1. The summed E-state index contributed by atoms with van der Waals surface area (Å²) in [5, 5.41) is 0. The molecule has 0 bridgehead atoms.